The van der Waals surface area contributed by atoms with E-state index in [0.29, 0.717) is 10.8 Å². The van der Waals surface area contributed by atoms with E-state index in [4.69, 9.17) is 4.74 Å². The molecular formula is C29H48O2. The molecule has 0 bridgehead atoms. The molecule has 0 saturated heterocycles. The lowest BCUT2D eigenvalue weighted by Gasteiger charge is -2.58. The molecule has 0 N–H and O–H groups in total. The molecular weight excluding hydrogens is 380 g/mol. The summed E-state index contributed by atoms with van der Waals surface area (Å²) in [6, 6.07) is 0. The minimum absolute atomic E-state index is 0.115. The fraction of sp³-hybridized carbons (Fsp3) is 0.897. The van der Waals surface area contributed by atoms with Gasteiger partial charge in [-0.05, 0) is 91.3 Å². The third-order valence-electron chi connectivity index (χ3n) is 10.6. The number of rotatable bonds is 6. The zero-order valence-corrected chi connectivity index (χ0v) is 21.2. The minimum atomic E-state index is -0.115. The van der Waals surface area contributed by atoms with Crippen molar-refractivity contribution in [2.45, 2.75) is 118 Å². The van der Waals surface area contributed by atoms with Gasteiger partial charge in [0.15, 0.2) is 0 Å². The van der Waals surface area contributed by atoms with Crippen LogP contribution < -0.4 is 0 Å². The van der Waals surface area contributed by atoms with E-state index in [9.17, 15) is 4.79 Å². The normalized spacial score (nSPS) is 42.9. The summed E-state index contributed by atoms with van der Waals surface area (Å²) in [4.78, 5) is 11.5. The van der Waals surface area contributed by atoms with Crippen LogP contribution in [0.3, 0.4) is 0 Å². The maximum atomic E-state index is 11.5. The Kier molecular flexibility index (Phi) is 6.68. The Bertz CT molecular complexity index is 693. The Labute approximate surface area is 192 Å². The third kappa shape index (κ3) is 4.26. The van der Waals surface area contributed by atoms with Crippen molar-refractivity contribution in [2.75, 3.05) is 0 Å². The molecule has 0 aliphatic heterocycles. The summed E-state index contributed by atoms with van der Waals surface area (Å²) in [6.45, 7) is 14.1. The predicted molar refractivity (Wildman–Crippen MR) is 129 cm³/mol. The molecule has 2 nitrogen and oxygen atoms in total. The van der Waals surface area contributed by atoms with Crippen LogP contribution >= 0.6 is 0 Å². The predicted octanol–water partition coefficient (Wildman–Crippen LogP) is 7.96. The van der Waals surface area contributed by atoms with Crippen LogP contribution in [0.2, 0.25) is 0 Å². The highest BCUT2D eigenvalue weighted by Crippen LogP contribution is 2.67. The second-order valence-electron chi connectivity index (χ2n) is 12.8. The van der Waals surface area contributed by atoms with Gasteiger partial charge >= 0.3 is 5.97 Å². The molecule has 2 heteroatoms. The molecule has 0 unspecified atom stereocenters. The summed E-state index contributed by atoms with van der Waals surface area (Å²) < 4.78 is 5.61. The first-order valence-electron chi connectivity index (χ1n) is 13.5. The van der Waals surface area contributed by atoms with Crippen LogP contribution in [0.5, 0.6) is 0 Å². The van der Waals surface area contributed by atoms with Gasteiger partial charge in [-0.3, -0.25) is 4.79 Å². The van der Waals surface area contributed by atoms with E-state index in [1.54, 1.807) is 12.5 Å². The Morgan fingerprint density at radius 3 is 2.55 bits per heavy atom. The van der Waals surface area contributed by atoms with Crippen molar-refractivity contribution in [3.05, 3.63) is 11.6 Å². The Morgan fingerprint density at radius 1 is 1.06 bits per heavy atom. The minimum Gasteiger partial charge on any atom is -0.462 e. The van der Waals surface area contributed by atoms with Crippen molar-refractivity contribution in [3.63, 3.8) is 0 Å². The second-order valence-corrected chi connectivity index (χ2v) is 12.8. The summed E-state index contributed by atoms with van der Waals surface area (Å²) in [5.41, 5.74) is 2.53. The van der Waals surface area contributed by atoms with E-state index in [0.717, 1.165) is 48.3 Å². The smallest absolute Gasteiger partial charge is 0.302 e. The lowest BCUT2D eigenvalue weighted by atomic mass is 9.47. The van der Waals surface area contributed by atoms with Crippen LogP contribution in [0.15, 0.2) is 11.6 Å². The molecule has 176 valence electrons. The van der Waals surface area contributed by atoms with Gasteiger partial charge in [-0.2, -0.15) is 0 Å². The monoisotopic (exact) mass is 428 g/mol. The molecule has 4 aliphatic carbocycles. The largest absolute Gasteiger partial charge is 0.462 e. The highest BCUT2D eigenvalue weighted by atomic mass is 16.5. The van der Waals surface area contributed by atoms with Gasteiger partial charge in [-0.25, -0.2) is 0 Å². The van der Waals surface area contributed by atoms with Gasteiger partial charge in [-0.1, -0.05) is 65.5 Å². The van der Waals surface area contributed by atoms with E-state index in [1.165, 1.54) is 57.8 Å². The molecule has 3 saturated carbocycles. The number of ether oxygens (including phenoxy) is 1. The van der Waals surface area contributed by atoms with Gasteiger partial charge in [0.05, 0.1) is 0 Å². The molecule has 3 fully saturated rings. The number of allylic oxidation sites excluding steroid dienone is 1. The standard InChI is InChI=1S/C29H48O2/c1-19(2)8-7-9-20(3)25-12-13-26-24-11-10-22-18-23(31-21(4)30)14-16-28(22,5)27(24)15-17-29(25,26)6/h10,19-20,23-27H,7-9,11-18H2,1-6H3/t20-,23+,24-,25-,26+,27-,28-,29+/m0/s1. The van der Waals surface area contributed by atoms with Crippen LogP contribution in [0.4, 0.5) is 0 Å². The maximum absolute atomic E-state index is 11.5. The van der Waals surface area contributed by atoms with Crippen LogP contribution in [0.1, 0.15) is 112 Å². The van der Waals surface area contributed by atoms with Crippen molar-refractivity contribution in [3.8, 4) is 0 Å². The van der Waals surface area contributed by atoms with Crippen LogP contribution in [0.25, 0.3) is 0 Å². The molecule has 0 aromatic rings. The van der Waals surface area contributed by atoms with Gasteiger partial charge in [0.1, 0.15) is 6.10 Å². The molecule has 0 radical (unpaired) electrons. The number of carbonyl (C=O) groups is 1. The lowest BCUT2D eigenvalue weighted by molar-refractivity contribution is -0.148. The summed E-state index contributed by atoms with van der Waals surface area (Å²) in [5.74, 6) is 5.19. The highest BCUT2D eigenvalue weighted by molar-refractivity contribution is 5.66. The molecule has 31 heavy (non-hydrogen) atoms. The average Bonchev–Trinajstić information content (AvgIpc) is 3.05. The first-order valence-corrected chi connectivity index (χ1v) is 13.5. The molecule has 0 aromatic carbocycles. The van der Waals surface area contributed by atoms with Crippen molar-refractivity contribution in [1.29, 1.82) is 0 Å². The number of hydrogen-bond donors (Lipinski definition) is 0. The van der Waals surface area contributed by atoms with E-state index in [2.05, 4.69) is 40.7 Å². The molecule has 4 aliphatic rings. The summed E-state index contributed by atoms with van der Waals surface area (Å²) in [6.07, 6.45) is 17.2. The molecule has 0 amide bonds. The maximum Gasteiger partial charge on any atom is 0.302 e. The summed E-state index contributed by atoms with van der Waals surface area (Å²) in [7, 11) is 0. The van der Waals surface area contributed by atoms with Crippen molar-refractivity contribution < 1.29 is 9.53 Å². The van der Waals surface area contributed by atoms with Gasteiger partial charge in [-0.15, -0.1) is 0 Å². The Morgan fingerprint density at radius 2 is 1.84 bits per heavy atom. The van der Waals surface area contributed by atoms with Crippen LogP contribution in [-0.2, 0) is 9.53 Å². The fourth-order valence-corrected chi connectivity index (χ4v) is 8.99. The van der Waals surface area contributed by atoms with Gasteiger partial charge in [0.2, 0.25) is 0 Å². The average molecular weight is 429 g/mol. The molecule has 0 heterocycles. The number of fused-ring (bicyclic) bond motifs is 5. The number of hydrogen-bond acceptors (Lipinski definition) is 2. The molecule has 4 rings (SSSR count). The SMILES string of the molecule is CC(=O)O[C@@H]1CC[C@@]2(C)C(=CC[C@H]3[C@H]4CC[C@@H]([C@@H](C)CCCC(C)C)[C@@]4(C)CC[C@@H]32)C1. The van der Waals surface area contributed by atoms with Crippen molar-refractivity contribution in [2.24, 2.45) is 46.3 Å². The van der Waals surface area contributed by atoms with E-state index < -0.39 is 0 Å². The number of carbonyl (C=O) groups excluding carboxylic acids is 1. The first-order chi connectivity index (χ1) is 14.6. The topological polar surface area (TPSA) is 26.3 Å². The Balaban J connectivity index is 1.47. The van der Waals surface area contributed by atoms with Crippen molar-refractivity contribution in [1.82, 2.24) is 0 Å². The van der Waals surface area contributed by atoms with E-state index in [-0.39, 0.29) is 12.1 Å². The van der Waals surface area contributed by atoms with Gasteiger partial charge in [0.25, 0.3) is 0 Å². The molecule has 8 atom stereocenters. The van der Waals surface area contributed by atoms with Crippen LogP contribution in [-0.4, -0.2) is 12.1 Å². The lowest BCUT2D eigenvalue weighted by Crippen LogP contribution is -2.51. The number of esters is 1. The summed E-state index contributed by atoms with van der Waals surface area (Å²) >= 11 is 0. The third-order valence-corrected chi connectivity index (χ3v) is 10.6. The van der Waals surface area contributed by atoms with Crippen LogP contribution in [0, 0.1) is 46.3 Å². The molecule has 0 spiro atoms. The van der Waals surface area contributed by atoms with E-state index in [1.807, 2.05) is 0 Å². The zero-order valence-electron chi connectivity index (χ0n) is 21.2. The van der Waals surface area contributed by atoms with E-state index >= 15 is 0 Å². The zero-order chi connectivity index (χ0) is 22.4. The van der Waals surface area contributed by atoms with Crippen molar-refractivity contribution >= 4 is 5.97 Å². The van der Waals surface area contributed by atoms with Gasteiger partial charge in [0, 0.05) is 13.3 Å². The summed E-state index contributed by atoms with van der Waals surface area (Å²) in [5, 5.41) is 0. The second kappa shape index (κ2) is 8.86. The quantitative estimate of drug-likeness (QED) is 0.317. The molecule has 0 aromatic heterocycles. The fourth-order valence-electron chi connectivity index (χ4n) is 8.99. The first kappa shape index (κ1) is 23.4. The Hall–Kier alpha value is -0.790. The van der Waals surface area contributed by atoms with Gasteiger partial charge < -0.3 is 4.74 Å². The highest BCUT2D eigenvalue weighted by Gasteiger charge is 2.59.